The van der Waals surface area contributed by atoms with E-state index in [1.807, 2.05) is 0 Å². The molecule has 0 saturated heterocycles. The van der Waals surface area contributed by atoms with E-state index in [4.69, 9.17) is 0 Å². The first-order valence-electron chi connectivity index (χ1n) is 3.07. The highest BCUT2D eigenvalue weighted by atomic mass is 16.1. The van der Waals surface area contributed by atoms with Crippen LogP contribution in [0.1, 0.15) is 20.8 Å². The van der Waals surface area contributed by atoms with Gasteiger partial charge in [0.05, 0.1) is 0 Å². The molecular formula is C6H135NO60. The smallest absolute Gasteiger partial charge is 0.00474 e. The van der Waals surface area contributed by atoms with Crippen LogP contribution in [0.15, 0.2) is 0 Å². The zero-order valence-electron chi connectivity index (χ0n) is 35.6. The van der Waals surface area contributed by atoms with Crippen LogP contribution in [-0.4, -0.2) is 353 Å². The Morgan fingerprint density at radius 2 is 0.134 bits per heavy atom. The van der Waals surface area contributed by atoms with Crippen molar-refractivity contribution in [3.8, 4) is 0 Å². The molecule has 61 nitrogen and oxygen atoms in total. The molecule has 0 aromatic rings. The van der Waals surface area contributed by atoms with Gasteiger partial charge in [0, 0.05) is 0 Å². The Morgan fingerprint density at radius 3 is 0.134 bits per heavy atom. The van der Waals surface area contributed by atoms with Crippen molar-refractivity contribution in [3.63, 3.8) is 0 Å². The van der Waals surface area contributed by atoms with Gasteiger partial charge in [0.25, 0.3) is 0 Å². The third kappa shape index (κ3) is 19000. The molecule has 0 radical (unpaired) electrons. The molecule has 0 aliphatic rings. The molecule has 0 amide bonds. The maximum Gasteiger partial charge on any atom is -0.00474 e. The van der Waals surface area contributed by atoms with Crippen LogP contribution in [-0.2, 0) is 0 Å². The van der Waals surface area contributed by atoms with E-state index in [1.54, 1.807) is 0 Å². The summed E-state index contributed by atoms with van der Waals surface area (Å²) in [5, 5.41) is 0. The Morgan fingerprint density at radius 1 is 0.104 bits per heavy atom. The van der Waals surface area contributed by atoms with Gasteiger partial charge < -0.3 is 333 Å². The van der Waals surface area contributed by atoms with Crippen LogP contribution in [0, 0.1) is 0 Å². The van der Waals surface area contributed by atoms with Gasteiger partial charge in [-0.15, -0.1) is 0 Å². The summed E-state index contributed by atoms with van der Waals surface area (Å²) in [7, 11) is 0. The number of nitrogens with zero attached hydrogens (tertiary/aromatic N) is 1. The summed E-state index contributed by atoms with van der Waals surface area (Å²) < 4.78 is 0. The first-order valence-corrected chi connectivity index (χ1v) is 3.07. The van der Waals surface area contributed by atoms with Crippen LogP contribution >= 0.6 is 0 Å². The molecule has 524 valence electrons. The molecule has 0 spiro atoms. The van der Waals surface area contributed by atoms with Gasteiger partial charge in [-0.05, 0) is 19.6 Å². The molecule has 0 fully saturated rings. The first kappa shape index (κ1) is 20600. The van der Waals surface area contributed by atoms with Gasteiger partial charge >= 0.3 is 0 Å². The average Bonchev–Trinajstić information content (AvgIpc) is 1.72. The van der Waals surface area contributed by atoms with E-state index in [9.17, 15) is 0 Å². The van der Waals surface area contributed by atoms with Crippen LogP contribution in [0.3, 0.4) is 0 Å². The third-order valence-corrected chi connectivity index (χ3v) is 1.34. The number of hydrogen-bond donors (Lipinski definition) is 0. The van der Waals surface area contributed by atoms with E-state index in [2.05, 4.69) is 25.7 Å². The quantitative estimate of drug-likeness (QED) is 0.261. The highest BCUT2D eigenvalue weighted by Crippen LogP contribution is 1.81. The lowest BCUT2D eigenvalue weighted by molar-refractivity contribution is 0.321. The number of hydrogen-bond acceptors (Lipinski definition) is 1. The van der Waals surface area contributed by atoms with Gasteiger partial charge in [-0.1, -0.05) is 20.8 Å². The molecule has 0 rings (SSSR count). The molecule has 0 bridgehead atoms. The van der Waals surface area contributed by atoms with Crippen molar-refractivity contribution in [3.05, 3.63) is 0 Å². The second kappa shape index (κ2) is 19600. The highest BCUT2D eigenvalue weighted by Gasteiger charge is 1.89. The Labute approximate surface area is 375 Å². The van der Waals surface area contributed by atoms with E-state index in [0.717, 1.165) is 0 Å². The summed E-state index contributed by atoms with van der Waals surface area (Å²) >= 11 is 0. The lowest BCUT2D eigenvalue weighted by atomic mass is 10.5. The molecule has 0 aliphatic carbocycles. The predicted molar refractivity (Wildman–Crippen MR) is 250 cm³/mol. The standard InChI is InChI=1S/C6H15N.60H2O/c1-4-7(5-2)6-3;;;;;;;;;;;;;;;;;;;;;;;;;;;;;;;;;;;;;;;;;;;;;;;;;;;;;;;;;;;;/h4-6H2,1-3H3;60*1H2. The number of rotatable bonds is 3. The molecular weight excluding hydrogens is 1050 g/mol. The third-order valence-electron chi connectivity index (χ3n) is 1.34. The van der Waals surface area contributed by atoms with Gasteiger partial charge in [0.1, 0.15) is 0 Å². The van der Waals surface area contributed by atoms with Crippen molar-refractivity contribution in [2.45, 2.75) is 20.8 Å². The molecule has 0 aromatic carbocycles. The van der Waals surface area contributed by atoms with E-state index in [1.165, 1.54) is 19.6 Å². The minimum Gasteiger partial charge on any atom is -0.412 e. The summed E-state index contributed by atoms with van der Waals surface area (Å²) in [6, 6.07) is 0. The molecule has 67 heavy (non-hydrogen) atoms. The Balaban J connectivity index is -0.000000000102. The minimum atomic E-state index is 0. The fourth-order valence-corrected chi connectivity index (χ4v) is 0.671. The lowest BCUT2D eigenvalue weighted by Gasteiger charge is -2.13. The van der Waals surface area contributed by atoms with Crippen LogP contribution in [0.2, 0.25) is 0 Å². The monoisotopic (exact) mass is 1180 g/mol. The second-order valence-electron chi connectivity index (χ2n) is 1.62. The van der Waals surface area contributed by atoms with Crippen LogP contribution in [0.4, 0.5) is 0 Å². The topological polar surface area (TPSA) is 1890 Å². The molecule has 61 heteroatoms. The minimum absolute atomic E-state index is 0. The van der Waals surface area contributed by atoms with Gasteiger partial charge in [0.2, 0.25) is 0 Å². The summed E-state index contributed by atoms with van der Waals surface area (Å²) in [5.74, 6) is 0. The van der Waals surface area contributed by atoms with Crippen molar-refractivity contribution in [1.82, 2.24) is 4.90 Å². The maximum absolute atomic E-state index is 2.38. The first-order chi connectivity index (χ1) is 3.35. The van der Waals surface area contributed by atoms with Crippen molar-refractivity contribution >= 4 is 0 Å². The normalized spacial score (nSPS) is 1.07. The zero-order valence-corrected chi connectivity index (χ0v) is 35.6. The fourth-order valence-electron chi connectivity index (χ4n) is 0.671. The van der Waals surface area contributed by atoms with Gasteiger partial charge in [-0.3, -0.25) is 0 Å². The average molecular weight is 1180 g/mol. The highest BCUT2D eigenvalue weighted by molar-refractivity contribution is 4.43. The molecule has 120 N–H and O–H groups in total. The zero-order chi connectivity index (χ0) is 5.70. The van der Waals surface area contributed by atoms with Gasteiger partial charge in [-0.2, -0.15) is 0 Å². The summed E-state index contributed by atoms with van der Waals surface area (Å²) in [5.41, 5.74) is 0. The molecule has 0 aromatic heterocycles. The lowest BCUT2D eigenvalue weighted by Crippen LogP contribution is -2.21. The summed E-state index contributed by atoms with van der Waals surface area (Å²) in [6.07, 6.45) is 0. The fraction of sp³-hybridized carbons (Fsp3) is 1.00. The van der Waals surface area contributed by atoms with E-state index >= 15 is 0 Å². The molecule has 0 atom stereocenters. The molecule has 0 saturated carbocycles. The summed E-state index contributed by atoms with van der Waals surface area (Å²) in [6.45, 7) is 10.1. The molecule has 0 aliphatic heterocycles. The van der Waals surface area contributed by atoms with Crippen molar-refractivity contribution < 1.29 is 329 Å². The maximum atomic E-state index is 2.38. The van der Waals surface area contributed by atoms with E-state index in [-0.39, 0.29) is 329 Å². The van der Waals surface area contributed by atoms with Gasteiger partial charge in [-0.25, -0.2) is 0 Å². The second-order valence-corrected chi connectivity index (χ2v) is 1.62. The SMILES string of the molecule is CCN(CC)CC.O.O.O.O.O.O.O.O.O.O.O.O.O.O.O.O.O.O.O.O.O.O.O.O.O.O.O.O.O.O.O.O.O.O.O.O.O.O.O.O.O.O.O.O.O.O.O.O.O.O.O.O.O.O.O.O.O.O.O.O. The van der Waals surface area contributed by atoms with Crippen molar-refractivity contribution in [2.75, 3.05) is 19.6 Å². The van der Waals surface area contributed by atoms with Crippen LogP contribution < -0.4 is 0 Å². The van der Waals surface area contributed by atoms with Crippen molar-refractivity contribution in [1.29, 1.82) is 0 Å². The molecule has 0 unspecified atom stereocenters. The summed E-state index contributed by atoms with van der Waals surface area (Å²) in [4.78, 5) is 2.38. The van der Waals surface area contributed by atoms with Gasteiger partial charge in [0.15, 0.2) is 0 Å². The van der Waals surface area contributed by atoms with E-state index < -0.39 is 0 Å². The Kier molecular flexibility index (Phi) is 6030000. The predicted octanol–water partition coefficient (Wildman–Crippen LogP) is -48.1. The molecule has 0 heterocycles. The largest absolute Gasteiger partial charge is 0.412 e. The Hall–Kier alpha value is -2.44. The van der Waals surface area contributed by atoms with Crippen LogP contribution in [0.25, 0.3) is 0 Å². The van der Waals surface area contributed by atoms with Crippen molar-refractivity contribution in [2.24, 2.45) is 0 Å². The van der Waals surface area contributed by atoms with E-state index in [0.29, 0.717) is 0 Å². The van der Waals surface area contributed by atoms with Crippen LogP contribution in [0.5, 0.6) is 0 Å². The Bertz CT molecular complexity index is 58.0.